The van der Waals surface area contributed by atoms with E-state index in [0.717, 1.165) is 25.2 Å². The first kappa shape index (κ1) is 9.76. The van der Waals surface area contributed by atoms with Gasteiger partial charge >= 0.3 is 0 Å². The van der Waals surface area contributed by atoms with Gasteiger partial charge in [-0.15, -0.1) is 16.4 Å². The summed E-state index contributed by atoms with van der Waals surface area (Å²) in [4.78, 5) is 1.42. The summed E-state index contributed by atoms with van der Waals surface area (Å²) >= 11 is 3.20. The topological polar surface area (TPSA) is 37.8 Å². The number of nitrogens with one attached hydrogen (secondary N) is 1. The number of hydrogen-bond acceptors (Lipinski definition) is 5. The van der Waals surface area contributed by atoms with Gasteiger partial charge in [0.1, 0.15) is 0 Å². The maximum atomic E-state index is 3.96. The first-order chi connectivity index (χ1) is 6.95. The third-order valence-corrected chi connectivity index (χ3v) is 3.33. The van der Waals surface area contributed by atoms with Gasteiger partial charge in [-0.2, -0.15) is 0 Å². The van der Waals surface area contributed by atoms with E-state index in [0.29, 0.717) is 0 Å². The van der Waals surface area contributed by atoms with Gasteiger partial charge < -0.3 is 5.32 Å². The van der Waals surface area contributed by atoms with Crippen molar-refractivity contribution >= 4 is 22.9 Å². The highest BCUT2D eigenvalue weighted by molar-refractivity contribution is 7.09. The van der Waals surface area contributed by atoms with Crippen LogP contribution in [0.4, 0.5) is 0 Å². The minimum atomic E-state index is 0.821. The molecule has 0 saturated heterocycles. The normalized spacial score (nSPS) is 10.6. The van der Waals surface area contributed by atoms with Gasteiger partial charge in [0.15, 0.2) is 0 Å². The second kappa shape index (κ2) is 5.19. The quantitative estimate of drug-likeness (QED) is 0.790. The van der Waals surface area contributed by atoms with Crippen LogP contribution in [0.15, 0.2) is 22.9 Å². The fourth-order valence-corrected chi connectivity index (χ4v) is 2.30. The van der Waals surface area contributed by atoms with Crippen LogP contribution in [-0.2, 0) is 13.0 Å². The van der Waals surface area contributed by atoms with Crippen LogP contribution < -0.4 is 5.32 Å². The summed E-state index contributed by atoms with van der Waals surface area (Å²) in [6.45, 7) is 1.82. The second-order valence-corrected chi connectivity index (χ2v) is 4.54. The van der Waals surface area contributed by atoms with Gasteiger partial charge in [0.05, 0.1) is 5.69 Å². The van der Waals surface area contributed by atoms with Crippen LogP contribution in [0.2, 0.25) is 0 Å². The predicted octanol–water partition coefficient (Wildman–Crippen LogP) is 1.93. The fraction of sp³-hybridized carbons (Fsp3) is 0.333. The van der Waals surface area contributed by atoms with Crippen molar-refractivity contribution in [2.75, 3.05) is 6.54 Å². The molecule has 0 atom stereocenters. The Morgan fingerprint density at radius 2 is 2.43 bits per heavy atom. The third kappa shape index (κ3) is 2.87. The number of thiophene rings is 1. The minimum absolute atomic E-state index is 0.821. The Balaban J connectivity index is 1.65. The lowest BCUT2D eigenvalue weighted by Crippen LogP contribution is -2.16. The summed E-state index contributed by atoms with van der Waals surface area (Å²) in [6, 6.07) is 4.25. The van der Waals surface area contributed by atoms with Gasteiger partial charge in [0.2, 0.25) is 0 Å². The SMILES string of the molecule is c1csc(CCNCc2csnn2)c1. The van der Waals surface area contributed by atoms with Crippen LogP contribution in [0, 0.1) is 0 Å². The van der Waals surface area contributed by atoms with Crippen molar-refractivity contribution in [2.45, 2.75) is 13.0 Å². The van der Waals surface area contributed by atoms with Crippen molar-refractivity contribution in [2.24, 2.45) is 0 Å². The molecule has 0 aliphatic heterocycles. The summed E-state index contributed by atoms with van der Waals surface area (Å²) in [5, 5.41) is 11.4. The summed E-state index contributed by atoms with van der Waals surface area (Å²) in [7, 11) is 0. The average molecular weight is 225 g/mol. The predicted molar refractivity (Wildman–Crippen MR) is 59.6 cm³/mol. The number of rotatable bonds is 5. The van der Waals surface area contributed by atoms with Crippen LogP contribution in [0.25, 0.3) is 0 Å². The highest BCUT2D eigenvalue weighted by atomic mass is 32.1. The zero-order chi connectivity index (χ0) is 9.64. The van der Waals surface area contributed by atoms with E-state index in [9.17, 15) is 0 Å². The van der Waals surface area contributed by atoms with E-state index in [1.54, 1.807) is 11.3 Å². The largest absolute Gasteiger partial charge is 0.311 e. The Hall–Kier alpha value is -0.780. The summed E-state index contributed by atoms with van der Waals surface area (Å²) in [6.07, 6.45) is 1.09. The Morgan fingerprint density at radius 3 is 3.14 bits per heavy atom. The standard InChI is InChI=1S/C9H11N3S2/c1-2-9(13-5-1)3-4-10-6-8-7-14-12-11-8/h1-2,5,7,10H,3-4,6H2. The molecule has 1 N–H and O–H groups in total. The molecule has 5 heteroatoms. The molecule has 0 spiro atoms. The molecule has 0 aliphatic carbocycles. The molecule has 0 amide bonds. The van der Waals surface area contributed by atoms with Crippen LogP contribution in [-0.4, -0.2) is 16.1 Å². The maximum absolute atomic E-state index is 3.96. The molecule has 2 heterocycles. The molecule has 0 aromatic carbocycles. The smallest absolute Gasteiger partial charge is 0.0893 e. The van der Waals surface area contributed by atoms with Crippen molar-refractivity contribution < 1.29 is 0 Å². The van der Waals surface area contributed by atoms with Crippen LogP contribution >= 0.6 is 22.9 Å². The number of nitrogens with zero attached hydrogens (tertiary/aromatic N) is 2. The molecule has 2 aromatic rings. The Morgan fingerprint density at radius 1 is 1.43 bits per heavy atom. The molecule has 74 valence electrons. The lowest BCUT2D eigenvalue weighted by Gasteiger charge is -1.99. The molecular weight excluding hydrogens is 214 g/mol. The lowest BCUT2D eigenvalue weighted by molar-refractivity contribution is 0.676. The fourth-order valence-electron chi connectivity index (χ4n) is 1.14. The molecule has 0 bridgehead atoms. The Labute approximate surface area is 91.0 Å². The molecular formula is C9H11N3S2. The van der Waals surface area contributed by atoms with Gasteiger partial charge in [-0.25, -0.2) is 0 Å². The van der Waals surface area contributed by atoms with Crippen molar-refractivity contribution in [1.82, 2.24) is 14.9 Å². The van der Waals surface area contributed by atoms with E-state index in [4.69, 9.17) is 0 Å². The average Bonchev–Trinajstić information content (AvgIpc) is 2.86. The highest BCUT2D eigenvalue weighted by Gasteiger charge is 1.96. The number of aromatic nitrogens is 2. The summed E-state index contributed by atoms with van der Waals surface area (Å²) in [5.41, 5.74) is 1.03. The molecule has 0 radical (unpaired) electrons. The minimum Gasteiger partial charge on any atom is -0.311 e. The van der Waals surface area contributed by atoms with Crippen LogP contribution in [0.5, 0.6) is 0 Å². The third-order valence-electron chi connectivity index (χ3n) is 1.84. The lowest BCUT2D eigenvalue weighted by atomic mass is 10.3. The van der Waals surface area contributed by atoms with E-state index >= 15 is 0 Å². The van der Waals surface area contributed by atoms with E-state index in [2.05, 4.69) is 32.4 Å². The van der Waals surface area contributed by atoms with Crippen LogP contribution in [0.1, 0.15) is 10.6 Å². The van der Waals surface area contributed by atoms with E-state index in [1.807, 2.05) is 5.38 Å². The van der Waals surface area contributed by atoms with Gasteiger partial charge in [0.25, 0.3) is 0 Å². The molecule has 2 rings (SSSR count). The zero-order valence-corrected chi connectivity index (χ0v) is 9.27. The van der Waals surface area contributed by atoms with E-state index < -0.39 is 0 Å². The van der Waals surface area contributed by atoms with Gasteiger partial charge in [-0.3, -0.25) is 0 Å². The molecule has 14 heavy (non-hydrogen) atoms. The first-order valence-corrected chi connectivity index (χ1v) is 6.16. The van der Waals surface area contributed by atoms with Gasteiger partial charge in [-0.05, 0) is 29.4 Å². The highest BCUT2D eigenvalue weighted by Crippen LogP contribution is 2.08. The monoisotopic (exact) mass is 225 g/mol. The molecule has 0 fully saturated rings. The van der Waals surface area contributed by atoms with Gasteiger partial charge in [0, 0.05) is 23.3 Å². The van der Waals surface area contributed by atoms with E-state index in [1.165, 1.54) is 16.4 Å². The van der Waals surface area contributed by atoms with Crippen molar-refractivity contribution in [3.63, 3.8) is 0 Å². The molecule has 0 unspecified atom stereocenters. The summed E-state index contributed by atoms with van der Waals surface area (Å²) in [5.74, 6) is 0. The second-order valence-electron chi connectivity index (χ2n) is 2.90. The van der Waals surface area contributed by atoms with Crippen molar-refractivity contribution in [3.8, 4) is 0 Å². The van der Waals surface area contributed by atoms with Crippen molar-refractivity contribution in [1.29, 1.82) is 0 Å². The van der Waals surface area contributed by atoms with Crippen molar-refractivity contribution in [3.05, 3.63) is 33.5 Å². The first-order valence-electron chi connectivity index (χ1n) is 4.44. The summed E-state index contributed by atoms with van der Waals surface area (Å²) < 4.78 is 3.80. The van der Waals surface area contributed by atoms with E-state index in [-0.39, 0.29) is 0 Å². The Kier molecular flexibility index (Phi) is 3.62. The molecule has 2 aromatic heterocycles. The molecule has 0 saturated carbocycles. The zero-order valence-electron chi connectivity index (χ0n) is 7.64. The maximum Gasteiger partial charge on any atom is 0.0893 e. The Bertz CT molecular complexity index is 306. The van der Waals surface area contributed by atoms with Gasteiger partial charge in [-0.1, -0.05) is 10.6 Å². The number of hydrogen-bond donors (Lipinski definition) is 1. The molecule has 3 nitrogen and oxygen atoms in total. The molecule has 0 aliphatic rings. The van der Waals surface area contributed by atoms with Crippen LogP contribution in [0.3, 0.4) is 0 Å².